The van der Waals surface area contributed by atoms with E-state index in [9.17, 15) is 9.18 Å². The third kappa shape index (κ3) is 5.20. The number of thiocarbonyl (C=S) groups is 1. The fourth-order valence-electron chi connectivity index (χ4n) is 1.86. The molecule has 1 amide bonds. The minimum atomic E-state index is -0.536. The van der Waals surface area contributed by atoms with Crippen LogP contribution in [0, 0.1) is 5.82 Å². The van der Waals surface area contributed by atoms with Gasteiger partial charge in [0.15, 0.2) is 5.11 Å². The molecule has 132 valence electrons. The maximum Gasteiger partial charge on any atom is 0.269 e. The highest BCUT2D eigenvalue weighted by Crippen LogP contribution is 2.22. The van der Waals surface area contributed by atoms with Crippen molar-refractivity contribution in [3.63, 3.8) is 0 Å². The maximum atomic E-state index is 13.1. The van der Waals surface area contributed by atoms with Gasteiger partial charge in [-0.15, -0.1) is 0 Å². The first kappa shape index (κ1) is 18.8. The summed E-state index contributed by atoms with van der Waals surface area (Å²) in [7, 11) is 2.98. The molecule has 0 unspecified atom stereocenters. The highest BCUT2D eigenvalue weighted by atomic mass is 35.5. The molecular weight excluding hydrogens is 369 g/mol. The molecule has 0 radical (unpaired) electrons. The summed E-state index contributed by atoms with van der Waals surface area (Å²) in [4.78, 5) is 12.2. The van der Waals surface area contributed by atoms with Crippen molar-refractivity contribution in [2.75, 3.05) is 19.5 Å². The van der Waals surface area contributed by atoms with E-state index in [1.807, 2.05) is 0 Å². The van der Waals surface area contributed by atoms with Crippen LogP contribution < -0.4 is 25.6 Å². The van der Waals surface area contributed by atoms with Crippen LogP contribution in [0.5, 0.6) is 11.5 Å². The van der Waals surface area contributed by atoms with E-state index in [2.05, 4.69) is 16.2 Å². The van der Waals surface area contributed by atoms with E-state index in [1.165, 1.54) is 32.4 Å². The van der Waals surface area contributed by atoms with Crippen LogP contribution in [0.15, 0.2) is 36.4 Å². The van der Waals surface area contributed by atoms with Crippen molar-refractivity contribution in [1.82, 2.24) is 10.9 Å². The SMILES string of the molecule is COc1cc(OC)cc(C(=O)NNC(=S)Nc2ccc(F)c(Cl)c2)c1. The van der Waals surface area contributed by atoms with Crippen LogP contribution in [-0.2, 0) is 0 Å². The first-order chi connectivity index (χ1) is 11.9. The molecule has 0 heterocycles. The van der Waals surface area contributed by atoms with Crippen LogP contribution in [-0.4, -0.2) is 25.2 Å². The lowest BCUT2D eigenvalue weighted by Crippen LogP contribution is -2.43. The normalized spacial score (nSPS) is 9.92. The number of carbonyl (C=O) groups is 1. The maximum absolute atomic E-state index is 13.1. The van der Waals surface area contributed by atoms with Crippen molar-refractivity contribution < 1.29 is 18.7 Å². The number of hydrazine groups is 1. The van der Waals surface area contributed by atoms with Crippen molar-refractivity contribution in [3.05, 3.63) is 52.8 Å². The predicted octanol–water partition coefficient (Wildman–Crippen LogP) is 3.13. The minimum Gasteiger partial charge on any atom is -0.497 e. The molecule has 0 aliphatic rings. The van der Waals surface area contributed by atoms with Crippen LogP contribution in [0.25, 0.3) is 0 Å². The van der Waals surface area contributed by atoms with Gasteiger partial charge in [-0.05, 0) is 42.5 Å². The van der Waals surface area contributed by atoms with Gasteiger partial charge in [0, 0.05) is 17.3 Å². The van der Waals surface area contributed by atoms with Crippen molar-refractivity contribution in [1.29, 1.82) is 0 Å². The Morgan fingerprint density at radius 3 is 2.28 bits per heavy atom. The quantitative estimate of drug-likeness (QED) is 0.556. The molecular formula is C16H15ClFN3O3S. The molecule has 0 aromatic heterocycles. The summed E-state index contributed by atoms with van der Waals surface area (Å²) >= 11 is 10.7. The Kier molecular flexibility index (Phi) is 6.37. The van der Waals surface area contributed by atoms with Crippen LogP contribution in [0.1, 0.15) is 10.4 Å². The van der Waals surface area contributed by atoms with E-state index in [1.54, 1.807) is 18.2 Å². The van der Waals surface area contributed by atoms with Gasteiger partial charge in [-0.3, -0.25) is 15.6 Å². The number of carbonyl (C=O) groups excluding carboxylic acids is 1. The largest absolute Gasteiger partial charge is 0.497 e. The number of halogens is 2. The lowest BCUT2D eigenvalue weighted by Gasteiger charge is -2.13. The number of methoxy groups -OCH3 is 2. The topological polar surface area (TPSA) is 71.6 Å². The summed E-state index contributed by atoms with van der Waals surface area (Å²) < 4.78 is 23.3. The average Bonchev–Trinajstić information content (AvgIpc) is 2.62. The first-order valence-electron chi connectivity index (χ1n) is 6.98. The number of amides is 1. The summed E-state index contributed by atoms with van der Waals surface area (Å²) in [5.74, 6) is -0.0258. The monoisotopic (exact) mass is 383 g/mol. The van der Waals surface area contributed by atoms with Gasteiger partial charge in [-0.1, -0.05) is 11.6 Å². The summed E-state index contributed by atoms with van der Waals surface area (Å²) in [6, 6.07) is 8.79. The minimum absolute atomic E-state index is 0.0414. The average molecular weight is 384 g/mol. The van der Waals surface area contributed by atoms with Crippen molar-refractivity contribution in [2.24, 2.45) is 0 Å². The van der Waals surface area contributed by atoms with Crippen molar-refractivity contribution >= 4 is 40.5 Å². The molecule has 2 aromatic carbocycles. The van der Waals surface area contributed by atoms with Crippen LogP contribution in [0.4, 0.5) is 10.1 Å². The lowest BCUT2D eigenvalue weighted by atomic mass is 10.2. The number of ether oxygens (including phenoxy) is 2. The first-order valence-corrected chi connectivity index (χ1v) is 7.77. The molecule has 3 N–H and O–H groups in total. The molecule has 0 spiro atoms. The standard InChI is InChI=1S/C16H15ClFN3O3S/c1-23-11-5-9(6-12(8-11)24-2)15(22)20-21-16(25)19-10-3-4-14(18)13(17)7-10/h3-8H,1-2H3,(H,20,22)(H2,19,21,25). The Balaban J connectivity index is 1.97. The fourth-order valence-corrected chi connectivity index (χ4v) is 2.21. The smallest absolute Gasteiger partial charge is 0.269 e. The van der Waals surface area contributed by atoms with Gasteiger partial charge in [0.25, 0.3) is 5.91 Å². The van der Waals surface area contributed by atoms with E-state index in [-0.39, 0.29) is 10.1 Å². The van der Waals surface area contributed by atoms with Gasteiger partial charge in [-0.2, -0.15) is 0 Å². The van der Waals surface area contributed by atoms with Crippen LogP contribution >= 0.6 is 23.8 Å². The zero-order chi connectivity index (χ0) is 18.4. The number of nitrogens with one attached hydrogen (secondary N) is 3. The van der Waals surface area contributed by atoms with Gasteiger partial charge in [-0.25, -0.2) is 4.39 Å². The number of benzene rings is 2. The lowest BCUT2D eigenvalue weighted by molar-refractivity contribution is 0.0943. The second-order valence-electron chi connectivity index (χ2n) is 4.76. The van der Waals surface area contributed by atoms with Gasteiger partial charge in [0.05, 0.1) is 19.2 Å². The van der Waals surface area contributed by atoms with E-state index in [0.29, 0.717) is 22.7 Å². The second-order valence-corrected chi connectivity index (χ2v) is 5.58. The molecule has 0 saturated heterocycles. The Morgan fingerprint density at radius 2 is 1.72 bits per heavy atom. The van der Waals surface area contributed by atoms with E-state index in [4.69, 9.17) is 33.3 Å². The number of rotatable bonds is 4. The third-order valence-corrected chi connectivity index (χ3v) is 3.57. The van der Waals surface area contributed by atoms with Crippen molar-refractivity contribution in [2.45, 2.75) is 0 Å². The Hall–Kier alpha value is -2.58. The molecule has 2 rings (SSSR count). The number of hydrogen-bond donors (Lipinski definition) is 3. The molecule has 0 aliphatic heterocycles. The third-order valence-electron chi connectivity index (χ3n) is 3.08. The molecule has 0 aliphatic carbocycles. The van der Waals surface area contributed by atoms with Crippen LogP contribution in [0.3, 0.4) is 0 Å². The molecule has 0 saturated carbocycles. The molecule has 9 heteroatoms. The van der Waals surface area contributed by atoms with Crippen molar-refractivity contribution in [3.8, 4) is 11.5 Å². The number of hydrogen-bond acceptors (Lipinski definition) is 4. The van der Waals surface area contributed by atoms with Gasteiger partial charge < -0.3 is 14.8 Å². The summed E-state index contributed by atoms with van der Waals surface area (Å²) in [5.41, 5.74) is 5.77. The molecule has 25 heavy (non-hydrogen) atoms. The summed E-state index contributed by atoms with van der Waals surface area (Å²) in [5, 5.41) is 2.83. The predicted molar refractivity (Wildman–Crippen MR) is 97.8 cm³/mol. The van der Waals surface area contributed by atoms with Gasteiger partial charge in [0.2, 0.25) is 0 Å². The van der Waals surface area contributed by atoms with Gasteiger partial charge in [0.1, 0.15) is 17.3 Å². The Labute approximate surface area is 154 Å². The second kappa shape index (κ2) is 8.50. The van der Waals surface area contributed by atoms with Crippen LogP contribution in [0.2, 0.25) is 5.02 Å². The zero-order valence-corrected chi connectivity index (χ0v) is 14.9. The van der Waals surface area contributed by atoms with E-state index < -0.39 is 11.7 Å². The van der Waals surface area contributed by atoms with E-state index >= 15 is 0 Å². The highest BCUT2D eigenvalue weighted by Gasteiger charge is 2.10. The highest BCUT2D eigenvalue weighted by molar-refractivity contribution is 7.80. The molecule has 6 nitrogen and oxygen atoms in total. The molecule has 0 bridgehead atoms. The Morgan fingerprint density at radius 1 is 1.08 bits per heavy atom. The van der Waals surface area contributed by atoms with E-state index in [0.717, 1.165) is 0 Å². The summed E-state index contributed by atoms with van der Waals surface area (Å²) in [6.07, 6.45) is 0. The fraction of sp³-hybridized carbons (Fsp3) is 0.125. The zero-order valence-electron chi connectivity index (χ0n) is 13.4. The molecule has 2 aromatic rings. The Bertz CT molecular complexity index is 782. The molecule has 0 atom stereocenters. The van der Waals surface area contributed by atoms with Gasteiger partial charge >= 0.3 is 0 Å². The number of anilines is 1. The summed E-state index contributed by atoms with van der Waals surface area (Å²) in [6.45, 7) is 0. The molecule has 0 fully saturated rings.